The van der Waals surface area contributed by atoms with E-state index in [9.17, 15) is 5.11 Å². The fraction of sp³-hybridized carbons (Fsp3) is 0.611. The van der Waals surface area contributed by atoms with Crippen LogP contribution in [0.15, 0.2) is 35.3 Å². The number of β-amino-alcohol motifs (C(OH)–C–C–N with tert-alkyl or cyclic N) is 1. The molecule has 0 saturated carbocycles. The van der Waals surface area contributed by atoms with E-state index in [0.29, 0.717) is 6.54 Å². The minimum atomic E-state index is -0.221. The first-order valence-corrected chi connectivity index (χ1v) is 8.25. The molecule has 2 N–H and O–H groups in total. The Bertz CT molecular complexity index is 484. The Morgan fingerprint density at radius 1 is 1.36 bits per heavy atom. The molecule has 2 rings (SSSR count). The van der Waals surface area contributed by atoms with E-state index in [0.717, 1.165) is 38.4 Å². The Kier molecular flexibility index (Phi) is 5.83. The van der Waals surface area contributed by atoms with Gasteiger partial charge in [-0.05, 0) is 30.7 Å². The van der Waals surface area contributed by atoms with Crippen LogP contribution < -0.4 is 5.32 Å². The molecule has 1 fully saturated rings. The molecule has 0 amide bonds. The molecule has 1 aromatic carbocycles. The van der Waals surface area contributed by atoms with Gasteiger partial charge in [-0.1, -0.05) is 44.2 Å². The van der Waals surface area contributed by atoms with Crippen molar-refractivity contribution in [2.75, 3.05) is 26.2 Å². The lowest BCUT2D eigenvalue weighted by atomic mass is 9.86. The van der Waals surface area contributed by atoms with Crippen molar-refractivity contribution in [2.24, 2.45) is 10.4 Å². The van der Waals surface area contributed by atoms with E-state index in [1.54, 1.807) is 0 Å². The van der Waals surface area contributed by atoms with E-state index in [4.69, 9.17) is 4.99 Å². The molecule has 0 aliphatic carbocycles. The first kappa shape index (κ1) is 16.8. The molecule has 1 heterocycles. The highest BCUT2D eigenvalue weighted by Crippen LogP contribution is 2.22. The van der Waals surface area contributed by atoms with E-state index in [1.165, 1.54) is 5.56 Å². The van der Waals surface area contributed by atoms with E-state index in [2.05, 4.69) is 61.3 Å². The number of nitrogens with zero attached hydrogens (tertiary/aromatic N) is 2. The maximum absolute atomic E-state index is 9.72. The summed E-state index contributed by atoms with van der Waals surface area (Å²) in [5.74, 6) is 0.931. The van der Waals surface area contributed by atoms with Gasteiger partial charge in [-0.3, -0.25) is 4.99 Å². The molecule has 0 radical (unpaired) electrons. The zero-order valence-corrected chi connectivity index (χ0v) is 14.0. The van der Waals surface area contributed by atoms with Crippen LogP contribution in [-0.2, 0) is 6.42 Å². The summed E-state index contributed by atoms with van der Waals surface area (Å²) in [6, 6.07) is 10.6. The Balaban J connectivity index is 1.99. The summed E-state index contributed by atoms with van der Waals surface area (Å²) < 4.78 is 0. The van der Waals surface area contributed by atoms with Crippen LogP contribution in [0, 0.1) is 5.41 Å². The number of aliphatic hydroxyl groups is 1. The maximum Gasteiger partial charge on any atom is 0.194 e. The molecule has 1 saturated heterocycles. The summed E-state index contributed by atoms with van der Waals surface area (Å²) in [5, 5.41) is 13.1. The van der Waals surface area contributed by atoms with Gasteiger partial charge in [0.2, 0.25) is 0 Å². The van der Waals surface area contributed by atoms with Crippen LogP contribution in [0.2, 0.25) is 0 Å². The van der Waals surface area contributed by atoms with Gasteiger partial charge in [0, 0.05) is 26.2 Å². The minimum Gasteiger partial charge on any atom is -0.391 e. The van der Waals surface area contributed by atoms with Crippen molar-refractivity contribution < 1.29 is 5.11 Å². The topological polar surface area (TPSA) is 47.9 Å². The summed E-state index contributed by atoms with van der Waals surface area (Å²) in [6.45, 7) is 9.79. The highest BCUT2D eigenvalue weighted by Gasteiger charge is 2.24. The number of aliphatic imine (C=N–C) groups is 1. The third-order valence-corrected chi connectivity index (χ3v) is 3.98. The molecule has 4 nitrogen and oxygen atoms in total. The van der Waals surface area contributed by atoms with Crippen molar-refractivity contribution >= 4 is 5.96 Å². The van der Waals surface area contributed by atoms with Gasteiger partial charge in [0.25, 0.3) is 0 Å². The first-order valence-electron chi connectivity index (χ1n) is 8.25. The van der Waals surface area contributed by atoms with Gasteiger partial charge >= 0.3 is 0 Å². The van der Waals surface area contributed by atoms with Crippen molar-refractivity contribution in [3.8, 4) is 0 Å². The molecule has 0 aromatic heterocycles. The number of aliphatic hydroxyl groups excluding tert-OH is 1. The molecule has 1 atom stereocenters. The molecule has 1 aliphatic rings. The van der Waals surface area contributed by atoms with Gasteiger partial charge in [-0.25, -0.2) is 0 Å². The summed E-state index contributed by atoms with van der Waals surface area (Å²) in [5.41, 5.74) is 1.46. The summed E-state index contributed by atoms with van der Waals surface area (Å²) >= 11 is 0. The summed E-state index contributed by atoms with van der Waals surface area (Å²) in [4.78, 5) is 6.98. The van der Waals surface area contributed by atoms with Crippen LogP contribution in [0.3, 0.4) is 0 Å². The van der Waals surface area contributed by atoms with E-state index in [1.807, 2.05) is 0 Å². The molecule has 1 aromatic rings. The number of hydrogen-bond acceptors (Lipinski definition) is 2. The van der Waals surface area contributed by atoms with E-state index in [-0.39, 0.29) is 11.5 Å². The lowest BCUT2D eigenvalue weighted by Crippen LogP contribution is -2.41. The Labute approximate surface area is 134 Å². The van der Waals surface area contributed by atoms with Gasteiger partial charge in [-0.15, -0.1) is 0 Å². The molecule has 4 heteroatoms. The quantitative estimate of drug-likeness (QED) is 0.648. The number of likely N-dealkylation sites (tertiary alicyclic amines) is 1. The van der Waals surface area contributed by atoms with Crippen LogP contribution in [0.4, 0.5) is 0 Å². The fourth-order valence-corrected chi connectivity index (χ4v) is 2.85. The van der Waals surface area contributed by atoms with E-state index < -0.39 is 0 Å². The molecule has 0 bridgehead atoms. The van der Waals surface area contributed by atoms with Crippen molar-refractivity contribution in [3.05, 3.63) is 35.9 Å². The zero-order chi connectivity index (χ0) is 16.0. The maximum atomic E-state index is 9.72. The van der Waals surface area contributed by atoms with Crippen LogP contribution in [-0.4, -0.2) is 48.2 Å². The number of benzene rings is 1. The van der Waals surface area contributed by atoms with Crippen molar-refractivity contribution in [2.45, 2.75) is 39.7 Å². The number of rotatable bonds is 5. The minimum absolute atomic E-state index is 0.111. The monoisotopic (exact) mass is 303 g/mol. The normalized spacial score (nSPS) is 19.5. The van der Waals surface area contributed by atoms with Crippen LogP contribution >= 0.6 is 0 Å². The molecular formula is C18H29N3O. The van der Waals surface area contributed by atoms with Crippen LogP contribution in [0.5, 0.6) is 0 Å². The Morgan fingerprint density at radius 2 is 2.09 bits per heavy atom. The second kappa shape index (κ2) is 7.63. The third kappa shape index (κ3) is 5.02. The second-order valence-electron chi connectivity index (χ2n) is 6.89. The molecular weight excluding hydrogens is 274 g/mol. The van der Waals surface area contributed by atoms with E-state index >= 15 is 0 Å². The Hall–Kier alpha value is -1.55. The number of hydrogen-bond donors (Lipinski definition) is 2. The SMILES string of the molecule is CCNC(=NCC(C)(C)Cc1ccccc1)N1CC[C@@H](O)C1. The third-order valence-electron chi connectivity index (χ3n) is 3.98. The largest absolute Gasteiger partial charge is 0.391 e. The van der Waals surface area contributed by atoms with Crippen LogP contribution in [0.1, 0.15) is 32.8 Å². The lowest BCUT2D eigenvalue weighted by Gasteiger charge is -2.26. The predicted octanol–water partition coefficient (Wildman–Crippen LogP) is 2.29. The van der Waals surface area contributed by atoms with Crippen LogP contribution in [0.25, 0.3) is 0 Å². The zero-order valence-electron chi connectivity index (χ0n) is 14.0. The van der Waals surface area contributed by atoms with Crippen molar-refractivity contribution in [1.29, 1.82) is 0 Å². The van der Waals surface area contributed by atoms with Crippen molar-refractivity contribution in [1.82, 2.24) is 10.2 Å². The van der Waals surface area contributed by atoms with Gasteiger partial charge in [-0.2, -0.15) is 0 Å². The molecule has 122 valence electrons. The molecule has 0 spiro atoms. The molecule has 0 unspecified atom stereocenters. The van der Waals surface area contributed by atoms with Crippen molar-refractivity contribution in [3.63, 3.8) is 0 Å². The number of guanidine groups is 1. The average molecular weight is 303 g/mol. The first-order chi connectivity index (χ1) is 10.5. The lowest BCUT2D eigenvalue weighted by molar-refractivity contribution is 0.187. The molecule has 22 heavy (non-hydrogen) atoms. The standard InChI is InChI=1S/C18H29N3O/c1-4-19-17(21-11-10-16(22)13-21)20-14-18(2,3)12-15-8-6-5-7-9-15/h5-9,16,22H,4,10-14H2,1-3H3,(H,19,20)/t16-/m1/s1. The molecule has 1 aliphatic heterocycles. The number of nitrogens with one attached hydrogen (secondary N) is 1. The van der Waals surface area contributed by atoms with Gasteiger partial charge in [0.1, 0.15) is 0 Å². The average Bonchev–Trinajstić information content (AvgIpc) is 2.90. The Morgan fingerprint density at radius 3 is 2.68 bits per heavy atom. The highest BCUT2D eigenvalue weighted by molar-refractivity contribution is 5.80. The highest BCUT2D eigenvalue weighted by atomic mass is 16.3. The second-order valence-corrected chi connectivity index (χ2v) is 6.89. The summed E-state index contributed by atoms with van der Waals surface area (Å²) in [7, 11) is 0. The van der Waals surface area contributed by atoms with Gasteiger partial charge in [0.05, 0.1) is 6.10 Å². The van der Waals surface area contributed by atoms with Gasteiger partial charge in [0.15, 0.2) is 5.96 Å². The fourth-order valence-electron chi connectivity index (χ4n) is 2.85. The smallest absolute Gasteiger partial charge is 0.194 e. The summed E-state index contributed by atoms with van der Waals surface area (Å²) in [6.07, 6.45) is 1.62. The van der Waals surface area contributed by atoms with Gasteiger partial charge < -0.3 is 15.3 Å². The predicted molar refractivity (Wildman–Crippen MR) is 92.1 cm³/mol.